The lowest BCUT2D eigenvalue weighted by molar-refractivity contribution is 0.571. The van der Waals surface area contributed by atoms with Gasteiger partial charge >= 0.3 is 0 Å². The summed E-state index contributed by atoms with van der Waals surface area (Å²) < 4.78 is 0. The maximum Gasteiger partial charge on any atom is -0.0125 e. The summed E-state index contributed by atoms with van der Waals surface area (Å²) in [7, 11) is -0.107. The molecular weight excluding hydrogens is 271 g/mol. The first-order valence-electron chi connectivity index (χ1n) is 8.29. The van der Waals surface area contributed by atoms with Crippen LogP contribution in [0.1, 0.15) is 80.4 Å². The first kappa shape index (κ1) is 18.7. The monoisotopic (exact) mass is 306 g/mol. The Balaban J connectivity index is 3.52. The predicted molar refractivity (Wildman–Crippen MR) is 101 cm³/mol. The van der Waals surface area contributed by atoms with Crippen molar-refractivity contribution in [3.63, 3.8) is 0 Å². The summed E-state index contributed by atoms with van der Waals surface area (Å²) in [5, 5.41) is 1.62. The molecule has 0 atom stereocenters. The van der Waals surface area contributed by atoms with Crippen LogP contribution in [0.25, 0.3) is 0 Å². The Hall–Kier alpha value is -0.350. The molecule has 0 N–H and O–H groups in total. The summed E-state index contributed by atoms with van der Waals surface area (Å²) >= 11 is 0. The summed E-state index contributed by atoms with van der Waals surface area (Å²) in [6.07, 6.45) is 0. The molecule has 1 aromatic rings. The second kappa shape index (κ2) is 6.41. The Kier molecular flexibility index (Phi) is 5.71. The summed E-state index contributed by atoms with van der Waals surface area (Å²) in [6.45, 7) is 23.5. The number of hydrogen-bond acceptors (Lipinski definition) is 0. The van der Waals surface area contributed by atoms with Crippen LogP contribution >= 0.6 is 7.92 Å². The van der Waals surface area contributed by atoms with E-state index in [1.807, 2.05) is 0 Å². The van der Waals surface area contributed by atoms with E-state index in [0.717, 1.165) is 11.3 Å². The van der Waals surface area contributed by atoms with Gasteiger partial charge in [0, 0.05) is 0 Å². The number of benzene rings is 1. The lowest BCUT2D eigenvalue weighted by Gasteiger charge is -2.34. The van der Waals surface area contributed by atoms with Crippen molar-refractivity contribution in [3.8, 4) is 0 Å². The van der Waals surface area contributed by atoms with Crippen molar-refractivity contribution in [1.82, 2.24) is 0 Å². The summed E-state index contributed by atoms with van der Waals surface area (Å²) in [5.74, 6) is 0. The first-order valence-corrected chi connectivity index (χ1v) is 9.77. The molecule has 0 nitrogen and oxygen atoms in total. The summed E-state index contributed by atoms with van der Waals surface area (Å²) in [4.78, 5) is 0. The molecule has 0 saturated heterocycles. The van der Waals surface area contributed by atoms with Gasteiger partial charge in [0.25, 0.3) is 0 Å². The van der Waals surface area contributed by atoms with E-state index in [1.54, 1.807) is 10.9 Å². The zero-order chi connectivity index (χ0) is 16.6. The average Bonchev–Trinajstić information content (AvgIpc) is 2.25. The van der Waals surface area contributed by atoms with Crippen molar-refractivity contribution >= 4 is 13.2 Å². The lowest BCUT2D eigenvalue weighted by Crippen LogP contribution is -2.27. The third-order valence-corrected chi connectivity index (χ3v) is 7.23. The largest absolute Gasteiger partial charge is 0.0697 e. The van der Waals surface area contributed by atoms with Crippen molar-refractivity contribution in [1.29, 1.82) is 0 Å². The molecule has 0 aromatic heterocycles. The van der Waals surface area contributed by atoms with E-state index in [9.17, 15) is 0 Å². The molecule has 21 heavy (non-hydrogen) atoms. The van der Waals surface area contributed by atoms with E-state index in [0.29, 0.717) is 0 Å². The molecule has 0 saturated carbocycles. The molecule has 0 spiro atoms. The van der Waals surface area contributed by atoms with Crippen molar-refractivity contribution < 1.29 is 0 Å². The van der Waals surface area contributed by atoms with E-state index in [1.165, 1.54) is 5.56 Å². The fourth-order valence-electron chi connectivity index (χ4n) is 2.98. The molecular formula is C20H35P. The van der Waals surface area contributed by atoms with Gasteiger partial charge in [0.15, 0.2) is 0 Å². The van der Waals surface area contributed by atoms with Crippen molar-refractivity contribution in [2.45, 2.75) is 91.4 Å². The van der Waals surface area contributed by atoms with E-state index in [-0.39, 0.29) is 18.8 Å². The normalized spacial score (nSPS) is 13.6. The molecule has 0 aliphatic rings. The van der Waals surface area contributed by atoms with Gasteiger partial charge in [0.2, 0.25) is 0 Å². The van der Waals surface area contributed by atoms with Gasteiger partial charge in [-0.05, 0) is 38.6 Å². The zero-order valence-electron chi connectivity index (χ0n) is 15.8. The van der Waals surface area contributed by atoms with Gasteiger partial charge in [-0.2, -0.15) is 0 Å². The molecule has 0 amide bonds. The molecule has 0 heterocycles. The molecule has 1 aromatic carbocycles. The first-order chi connectivity index (χ1) is 9.35. The maximum absolute atomic E-state index is 2.48. The van der Waals surface area contributed by atoms with Crippen LogP contribution in [-0.4, -0.2) is 11.3 Å². The Morgan fingerprint density at radius 1 is 0.762 bits per heavy atom. The molecule has 0 unspecified atom stereocenters. The number of rotatable bonds is 3. The Bertz CT molecular complexity index is 462. The topological polar surface area (TPSA) is 0 Å². The van der Waals surface area contributed by atoms with E-state index < -0.39 is 0 Å². The third kappa shape index (κ3) is 4.56. The van der Waals surface area contributed by atoms with Crippen LogP contribution in [0.2, 0.25) is 0 Å². The number of hydrogen-bond donors (Lipinski definition) is 0. The van der Waals surface area contributed by atoms with Crippen LogP contribution in [0.3, 0.4) is 0 Å². The molecule has 1 heteroatoms. The van der Waals surface area contributed by atoms with Crippen LogP contribution in [0.4, 0.5) is 0 Å². The zero-order valence-corrected chi connectivity index (χ0v) is 16.7. The predicted octanol–water partition coefficient (Wildman–Crippen LogP) is 6.21. The SMILES string of the molecule is CC(C)P(c1ccc(C(C)(C)C)cc1C(C)(C)C)C(C)C. The van der Waals surface area contributed by atoms with Gasteiger partial charge in [-0.25, -0.2) is 0 Å². The Labute approximate surface area is 134 Å². The minimum absolute atomic E-state index is 0.107. The van der Waals surface area contributed by atoms with E-state index in [2.05, 4.69) is 87.4 Å². The van der Waals surface area contributed by atoms with E-state index in [4.69, 9.17) is 0 Å². The summed E-state index contributed by atoms with van der Waals surface area (Å²) in [5.41, 5.74) is 4.92. The van der Waals surface area contributed by atoms with Gasteiger partial charge in [-0.1, -0.05) is 95.4 Å². The average molecular weight is 306 g/mol. The minimum atomic E-state index is -0.107. The van der Waals surface area contributed by atoms with Crippen molar-refractivity contribution in [3.05, 3.63) is 29.3 Å². The lowest BCUT2D eigenvalue weighted by atomic mass is 9.81. The smallest absolute Gasteiger partial charge is 0.0125 e. The van der Waals surface area contributed by atoms with Gasteiger partial charge in [0.1, 0.15) is 0 Å². The van der Waals surface area contributed by atoms with Crippen LogP contribution < -0.4 is 5.30 Å². The van der Waals surface area contributed by atoms with Crippen LogP contribution in [-0.2, 0) is 10.8 Å². The highest BCUT2D eigenvalue weighted by Gasteiger charge is 2.28. The second-order valence-electron chi connectivity index (χ2n) is 8.83. The van der Waals surface area contributed by atoms with Crippen LogP contribution in [0, 0.1) is 0 Å². The highest BCUT2D eigenvalue weighted by molar-refractivity contribution is 7.67. The quantitative estimate of drug-likeness (QED) is 0.583. The van der Waals surface area contributed by atoms with Gasteiger partial charge in [-0.15, -0.1) is 0 Å². The van der Waals surface area contributed by atoms with Gasteiger partial charge in [0.05, 0.1) is 0 Å². The third-order valence-electron chi connectivity index (χ3n) is 4.06. The maximum atomic E-state index is 2.48. The minimum Gasteiger partial charge on any atom is -0.0697 e. The highest BCUT2D eigenvalue weighted by atomic mass is 31.1. The highest BCUT2D eigenvalue weighted by Crippen LogP contribution is 2.47. The molecule has 0 fully saturated rings. The van der Waals surface area contributed by atoms with Crippen molar-refractivity contribution in [2.24, 2.45) is 0 Å². The van der Waals surface area contributed by atoms with Crippen molar-refractivity contribution in [2.75, 3.05) is 0 Å². The van der Waals surface area contributed by atoms with Crippen LogP contribution in [0.15, 0.2) is 18.2 Å². The fraction of sp³-hybridized carbons (Fsp3) is 0.700. The van der Waals surface area contributed by atoms with E-state index >= 15 is 0 Å². The van der Waals surface area contributed by atoms with Gasteiger partial charge in [-0.3, -0.25) is 0 Å². The molecule has 1 rings (SSSR count). The molecule has 0 radical (unpaired) electrons. The van der Waals surface area contributed by atoms with Gasteiger partial charge < -0.3 is 0 Å². The van der Waals surface area contributed by atoms with Crippen LogP contribution in [0.5, 0.6) is 0 Å². The molecule has 0 aliphatic carbocycles. The Morgan fingerprint density at radius 3 is 1.57 bits per heavy atom. The Morgan fingerprint density at radius 2 is 1.24 bits per heavy atom. The second-order valence-corrected chi connectivity index (χ2v) is 12.2. The standard InChI is InChI=1S/C20H35P/c1-14(2)21(15(3)4)18-12-11-16(19(5,6)7)13-17(18)20(8,9)10/h11-15H,1-10H3. The molecule has 0 bridgehead atoms. The molecule has 0 aliphatic heterocycles. The summed E-state index contributed by atoms with van der Waals surface area (Å²) in [6, 6.07) is 7.28. The molecule has 120 valence electrons. The fourth-order valence-corrected chi connectivity index (χ4v) is 6.21.